The van der Waals surface area contributed by atoms with Gasteiger partial charge >= 0.3 is 5.97 Å². The summed E-state index contributed by atoms with van der Waals surface area (Å²) in [6, 6.07) is -0.593. The third-order valence-electron chi connectivity index (χ3n) is 3.09. The normalized spacial score (nSPS) is 24.9. The minimum absolute atomic E-state index is 0.302. The molecule has 2 unspecified atom stereocenters. The number of likely N-dealkylation sites (tertiary alicyclic amines) is 1. The van der Waals surface area contributed by atoms with Gasteiger partial charge in [0.25, 0.3) is 0 Å². The van der Waals surface area contributed by atoms with Crippen molar-refractivity contribution in [3.8, 4) is 0 Å². The Morgan fingerprint density at radius 1 is 1.67 bits per heavy atom. The van der Waals surface area contributed by atoms with Crippen molar-refractivity contribution in [1.82, 2.24) is 9.88 Å². The number of aliphatic hydroxyl groups excluding tert-OH is 1. The quantitative estimate of drug-likeness (QED) is 0.862. The van der Waals surface area contributed by atoms with Crippen LogP contribution < -0.4 is 0 Å². The first-order chi connectivity index (χ1) is 8.47. The molecule has 0 amide bonds. The van der Waals surface area contributed by atoms with Crippen molar-refractivity contribution >= 4 is 17.3 Å². The van der Waals surface area contributed by atoms with E-state index in [-0.39, 0.29) is 0 Å². The number of aromatic nitrogens is 1. The molecule has 1 aromatic heterocycles. The highest BCUT2D eigenvalue weighted by atomic mass is 32.1. The van der Waals surface area contributed by atoms with Gasteiger partial charge in [0.05, 0.1) is 16.8 Å². The first kappa shape index (κ1) is 13.5. The minimum Gasteiger partial charge on any atom is -0.480 e. The van der Waals surface area contributed by atoms with Gasteiger partial charge in [-0.15, -0.1) is 11.3 Å². The Kier molecular flexibility index (Phi) is 3.99. The summed E-state index contributed by atoms with van der Waals surface area (Å²) in [7, 11) is 0. The van der Waals surface area contributed by atoms with Crippen molar-refractivity contribution in [3.05, 3.63) is 16.1 Å². The zero-order valence-electron chi connectivity index (χ0n) is 10.5. The smallest absolute Gasteiger partial charge is 0.321 e. The van der Waals surface area contributed by atoms with E-state index in [9.17, 15) is 9.90 Å². The van der Waals surface area contributed by atoms with Gasteiger partial charge in [0.2, 0.25) is 0 Å². The minimum atomic E-state index is -0.870. The van der Waals surface area contributed by atoms with Crippen molar-refractivity contribution in [1.29, 1.82) is 0 Å². The second-order valence-corrected chi connectivity index (χ2v) is 5.89. The number of carboxylic acids is 1. The monoisotopic (exact) mass is 270 g/mol. The highest BCUT2D eigenvalue weighted by Crippen LogP contribution is 2.24. The van der Waals surface area contributed by atoms with Gasteiger partial charge in [-0.2, -0.15) is 0 Å². The lowest BCUT2D eigenvalue weighted by atomic mass is 10.2. The highest BCUT2D eigenvalue weighted by Gasteiger charge is 2.36. The lowest BCUT2D eigenvalue weighted by Crippen LogP contribution is -2.35. The molecule has 0 saturated carbocycles. The maximum Gasteiger partial charge on any atom is 0.321 e. The number of hydrogen-bond donors (Lipinski definition) is 2. The maximum absolute atomic E-state index is 11.1. The maximum atomic E-state index is 11.1. The second-order valence-electron chi connectivity index (χ2n) is 5.00. The van der Waals surface area contributed by atoms with Crippen LogP contribution in [0.5, 0.6) is 0 Å². The van der Waals surface area contributed by atoms with Gasteiger partial charge in [-0.05, 0) is 0 Å². The summed E-state index contributed by atoms with van der Waals surface area (Å²) in [6.07, 6.45) is -0.245. The Labute approximate surface area is 110 Å². The number of aliphatic carboxylic acids is 1. The number of carbonyl (C=O) groups is 1. The first-order valence-corrected chi connectivity index (χ1v) is 6.94. The summed E-state index contributed by atoms with van der Waals surface area (Å²) in [5, 5.41) is 21.7. The number of thiazole rings is 1. The van der Waals surface area contributed by atoms with E-state index in [4.69, 9.17) is 5.11 Å². The summed E-state index contributed by atoms with van der Waals surface area (Å²) in [6.45, 7) is 5.08. The van der Waals surface area contributed by atoms with Gasteiger partial charge in [0.1, 0.15) is 6.04 Å². The molecule has 0 aliphatic carbocycles. The zero-order chi connectivity index (χ0) is 13.3. The lowest BCUT2D eigenvalue weighted by molar-refractivity contribution is -0.142. The molecule has 18 heavy (non-hydrogen) atoms. The molecule has 0 spiro atoms. The van der Waals surface area contributed by atoms with E-state index in [0.717, 1.165) is 10.7 Å². The largest absolute Gasteiger partial charge is 0.480 e. The molecular weight excluding hydrogens is 252 g/mol. The van der Waals surface area contributed by atoms with E-state index >= 15 is 0 Å². The average molecular weight is 270 g/mol. The Morgan fingerprint density at radius 3 is 2.94 bits per heavy atom. The van der Waals surface area contributed by atoms with E-state index < -0.39 is 18.1 Å². The predicted octanol–water partition coefficient (Wildman–Crippen LogP) is 1.29. The van der Waals surface area contributed by atoms with Gasteiger partial charge in [-0.25, -0.2) is 4.98 Å². The molecule has 1 aromatic rings. The van der Waals surface area contributed by atoms with Crippen molar-refractivity contribution < 1.29 is 15.0 Å². The van der Waals surface area contributed by atoms with Crippen LogP contribution in [0.4, 0.5) is 0 Å². The molecule has 1 saturated heterocycles. The molecule has 100 valence electrons. The Morgan fingerprint density at radius 2 is 2.39 bits per heavy atom. The Balaban J connectivity index is 2.05. The second kappa shape index (κ2) is 5.34. The summed E-state index contributed by atoms with van der Waals surface area (Å²) < 4.78 is 0. The summed E-state index contributed by atoms with van der Waals surface area (Å²) in [5.41, 5.74) is 0.893. The fourth-order valence-electron chi connectivity index (χ4n) is 2.18. The topological polar surface area (TPSA) is 73.7 Å². The van der Waals surface area contributed by atoms with Crippen LogP contribution in [-0.2, 0) is 11.3 Å². The molecule has 6 heteroatoms. The fourth-order valence-corrected chi connectivity index (χ4v) is 3.01. The van der Waals surface area contributed by atoms with Crippen LogP contribution in [0.15, 0.2) is 5.38 Å². The van der Waals surface area contributed by atoms with Gasteiger partial charge in [-0.3, -0.25) is 9.69 Å². The number of β-amino-alcohol motifs (C(OH)–C–C–N with tert-alkyl or cyclic N) is 1. The van der Waals surface area contributed by atoms with Crippen LogP contribution in [0.25, 0.3) is 0 Å². The van der Waals surface area contributed by atoms with Gasteiger partial charge < -0.3 is 10.2 Å². The number of hydrogen-bond acceptors (Lipinski definition) is 5. The zero-order valence-corrected chi connectivity index (χ0v) is 11.4. The van der Waals surface area contributed by atoms with Crippen molar-refractivity contribution in [2.75, 3.05) is 6.54 Å². The third kappa shape index (κ3) is 2.88. The molecule has 2 N–H and O–H groups in total. The van der Waals surface area contributed by atoms with Crippen LogP contribution in [0, 0.1) is 0 Å². The van der Waals surface area contributed by atoms with Crippen molar-refractivity contribution in [3.63, 3.8) is 0 Å². The Bertz CT molecular complexity index is 433. The first-order valence-electron chi connectivity index (χ1n) is 6.06. The fraction of sp³-hybridized carbons (Fsp3) is 0.667. The average Bonchev–Trinajstić information content (AvgIpc) is 2.86. The van der Waals surface area contributed by atoms with Crippen LogP contribution in [0.2, 0.25) is 0 Å². The van der Waals surface area contributed by atoms with E-state index in [2.05, 4.69) is 18.8 Å². The van der Waals surface area contributed by atoms with E-state index in [1.54, 1.807) is 16.2 Å². The molecule has 0 radical (unpaired) electrons. The van der Waals surface area contributed by atoms with Crippen LogP contribution in [0.1, 0.15) is 36.9 Å². The number of nitrogens with zero attached hydrogens (tertiary/aromatic N) is 2. The van der Waals surface area contributed by atoms with E-state index in [0.29, 0.717) is 25.4 Å². The molecule has 5 nitrogen and oxygen atoms in total. The molecule has 1 fully saturated rings. The number of rotatable bonds is 4. The van der Waals surface area contributed by atoms with Gasteiger partial charge in [-0.1, -0.05) is 13.8 Å². The van der Waals surface area contributed by atoms with Crippen LogP contribution in [0.3, 0.4) is 0 Å². The standard InChI is InChI=1S/C12H18N2O3S/c1-7(2)11-13-8(6-18-11)4-14-5-9(15)3-10(14)12(16)17/h6-7,9-10,15H,3-5H2,1-2H3,(H,16,17). The molecule has 1 aliphatic rings. The molecule has 1 aliphatic heterocycles. The molecule has 2 rings (SSSR count). The summed E-state index contributed by atoms with van der Waals surface area (Å²) in [5.74, 6) is -0.478. The lowest BCUT2D eigenvalue weighted by Gasteiger charge is -2.19. The van der Waals surface area contributed by atoms with Crippen molar-refractivity contribution in [2.45, 2.75) is 44.9 Å². The van der Waals surface area contributed by atoms with Gasteiger partial charge in [0.15, 0.2) is 0 Å². The number of carboxylic acid groups (broad SMARTS) is 1. The SMILES string of the molecule is CC(C)c1nc(CN2CC(O)CC2C(=O)O)cs1. The molecular formula is C12H18N2O3S. The summed E-state index contributed by atoms with van der Waals surface area (Å²) in [4.78, 5) is 17.4. The highest BCUT2D eigenvalue weighted by molar-refractivity contribution is 7.09. The molecule has 0 aromatic carbocycles. The third-order valence-corrected chi connectivity index (χ3v) is 4.29. The van der Waals surface area contributed by atoms with Crippen molar-refractivity contribution in [2.24, 2.45) is 0 Å². The van der Waals surface area contributed by atoms with Crippen LogP contribution >= 0.6 is 11.3 Å². The van der Waals surface area contributed by atoms with E-state index in [1.807, 2.05) is 5.38 Å². The van der Waals surface area contributed by atoms with Crippen LogP contribution in [-0.4, -0.2) is 44.8 Å². The molecule has 2 atom stereocenters. The molecule has 2 heterocycles. The number of aliphatic hydroxyl groups is 1. The predicted molar refractivity (Wildman–Crippen MR) is 68.7 cm³/mol. The molecule has 0 bridgehead atoms. The van der Waals surface area contributed by atoms with E-state index in [1.165, 1.54) is 0 Å². The summed E-state index contributed by atoms with van der Waals surface area (Å²) >= 11 is 1.60. The van der Waals surface area contributed by atoms with Gasteiger partial charge in [0, 0.05) is 30.8 Å². The Hall–Kier alpha value is -0.980.